The van der Waals surface area contributed by atoms with Crippen molar-refractivity contribution in [2.24, 2.45) is 10.9 Å². The van der Waals surface area contributed by atoms with Crippen LogP contribution in [0, 0.1) is 5.92 Å². The zero-order valence-corrected chi connectivity index (χ0v) is 15.6. The Labute approximate surface area is 138 Å². The minimum Gasteiger partial charge on any atom is -0.348 e. The number of hydrogen-bond donors (Lipinski definition) is 0. The first kappa shape index (κ1) is 20.4. The van der Waals surface area contributed by atoms with E-state index in [2.05, 4.69) is 76.4 Å². The number of hydrogen-bond acceptors (Lipinski definition) is 2. The molecule has 0 aromatic carbocycles. The molecule has 0 bridgehead atoms. The highest BCUT2D eigenvalue weighted by Crippen LogP contribution is 2.21. The van der Waals surface area contributed by atoms with E-state index in [0.29, 0.717) is 5.92 Å². The van der Waals surface area contributed by atoms with Crippen molar-refractivity contribution in [3.05, 3.63) is 47.3 Å². The van der Waals surface area contributed by atoms with E-state index in [0.717, 1.165) is 12.0 Å². The third-order valence-corrected chi connectivity index (χ3v) is 3.52. The van der Waals surface area contributed by atoms with Crippen molar-refractivity contribution in [2.75, 3.05) is 14.1 Å². The van der Waals surface area contributed by atoms with Gasteiger partial charge in [-0.15, -0.1) is 0 Å². The Morgan fingerprint density at radius 2 is 1.95 bits per heavy atom. The van der Waals surface area contributed by atoms with Gasteiger partial charge in [0, 0.05) is 37.3 Å². The van der Waals surface area contributed by atoms with E-state index in [1.54, 1.807) is 0 Å². The second-order valence-corrected chi connectivity index (χ2v) is 6.03. The molecule has 0 aliphatic heterocycles. The molecule has 0 aromatic heterocycles. The van der Waals surface area contributed by atoms with Crippen LogP contribution in [0.1, 0.15) is 53.9 Å². The molecule has 0 N–H and O–H groups in total. The number of unbranched alkanes of at least 4 members (excludes halogenated alkanes) is 1. The summed E-state index contributed by atoms with van der Waals surface area (Å²) >= 11 is 0. The van der Waals surface area contributed by atoms with Crippen LogP contribution in [0.25, 0.3) is 0 Å². The Bertz CT molecular complexity index is 462. The Morgan fingerprint density at radius 3 is 2.41 bits per heavy atom. The first-order chi connectivity index (χ1) is 10.4. The lowest BCUT2D eigenvalue weighted by atomic mass is 10.1. The predicted molar refractivity (Wildman–Crippen MR) is 101 cm³/mol. The monoisotopic (exact) mass is 302 g/mol. The van der Waals surface area contributed by atoms with E-state index in [1.807, 2.05) is 13.3 Å². The SMILES string of the molecule is C=C(/C=C(/C)N(C)C(=C\C(C)C)/C(/C=N\C)=C/C)CCCC. The molecule has 0 amide bonds. The van der Waals surface area contributed by atoms with E-state index in [9.17, 15) is 0 Å². The smallest absolute Gasteiger partial charge is 0.0453 e. The molecule has 0 heterocycles. The fourth-order valence-electron chi connectivity index (χ4n) is 2.20. The van der Waals surface area contributed by atoms with Gasteiger partial charge in [-0.25, -0.2) is 0 Å². The molecular formula is C20H34N2. The first-order valence-electron chi connectivity index (χ1n) is 8.27. The maximum absolute atomic E-state index is 4.18. The van der Waals surface area contributed by atoms with E-state index in [4.69, 9.17) is 0 Å². The molecule has 124 valence electrons. The molecule has 0 aromatic rings. The number of allylic oxidation sites excluding steroid dienone is 6. The third kappa shape index (κ3) is 7.44. The zero-order valence-electron chi connectivity index (χ0n) is 15.6. The van der Waals surface area contributed by atoms with E-state index < -0.39 is 0 Å². The van der Waals surface area contributed by atoms with Gasteiger partial charge < -0.3 is 4.90 Å². The summed E-state index contributed by atoms with van der Waals surface area (Å²) in [5, 5.41) is 0. The largest absolute Gasteiger partial charge is 0.348 e. The van der Waals surface area contributed by atoms with Crippen LogP contribution in [0.4, 0.5) is 0 Å². The van der Waals surface area contributed by atoms with E-state index in [1.165, 1.54) is 29.8 Å². The normalized spacial score (nSPS) is 14.1. The standard InChI is InChI=1S/C20H34N2/c1-9-11-12-17(5)14-18(6)22(8)20(13-16(3)4)19(10-2)15-21-7/h10,13-16H,5,9,11-12H2,1-4,6-8H3/b18-14-,19-10+,20-13-,21-15-. The molecule has 0 fully saturated rings. The van der Waals surface area contributed by atoms with Crippen molar-refractivity contribution in [1.29, 1.82) is 0 Å². The summed E-state index contributed by atoms with van der Waals surface area (Å²) in [6.07, 6.45) is 12.0. The van der Waals surface area contributed by atoms with Crippen molar-refractivity contribution < 1.29 is 0 Å². The molecule has 0 saturated carbocycles. The lowest BCUT2D eigenvalue weighted by molar-refractivity contribution is 0.524. The summed E-state index contributed by atoms with van der Waals surface area (Å²) in [4.78, 5) is 6.41. The summed E-state index contributed by atoms with van der Waals surface area (Å²) in [5.74, 6) is 0.480. The van der Waals surface area contributed by atoms with Crippen LogP contribution in [0.2, 0.25) is 0 Å². The van der Waals surface area contributed by atoms with Crippen LogP contribution in [0.5, 0.6) is 0 Å². The summed E-state index contributed by atoms with van der Waals surface area (Å²) in [5.41, 5.74) is 4.74. The van der Waals surface area contributed by atoms with Crippen molar-refractivity contribution >= 4 is 6.21 Å². The summed E-state index contributed by atoms with van der Waals surface area (Å²) in [6.45, 7) is 15.0. The molecule has 2 heteroatoms. The molecule has 0 radical (unpaired) electrons. The maximum atomic E-state index is 4.18. The van der Waals surface area contributed by atoms with Crippen molar-refractivity contribution in [1.82, 2.24) is 4.90 Å². The summed E-state index contributed by atoms with van der Waals surface area (Å²) in [7, 11) is 3.92. The number of rotatable bonds is 9. The minimum atomic E-state index is 0.480. The molecule has 0 unspecified atom stereocenters. The molecule has 0 aliphatic carbocycles. The van der Waals surface area contributed by atoms with Gasteiger partial charge in [0.25, 0.3) is 0 Å². The second-order valence-electron chi connectivity index (χ2n) is 6.03. The average Bonchev–Trinajstić information content (AvgIpc) is 2.47. The minimum absolute atomic E-state index is 0.480. The average molecular weight is 303 g/mol. The highest BCUT2D eigenvalue weighted by molar-refractivity contribution is 5.84. The van der Waals surface area contributed by atoms with Crippen LogP contribution < -0.4 is 0 Å². The molecule has 0 aliphatic rings. The van der Waals surface area contributed by atoms with Crippen molar-refractivity contribution in [2.45, 2.75) is 53.9 Å². The first-order valence-corrected chi connectivity index (χ1v) is 8.27. The van der Waals surface area contributed by atoms with Gasteiger partial charge in [0.05, 0.1) is 0 Å². The Morgan fingerprint density at radius 1 is 1.32 bits per heavy atom. The molecular weight excluding hydrogens is 268 g/mol. The predicted octanol–water partition coefficient (Wildman–Crippen LogP) is 5.76. The van der Waals surface area contributed by atoms with Gasteiger partial charge in [-0.1, -0.05) is 51.5 Å². The van der Waals surface area contributed by atoms with Gasteiger partial charge in [0.1, 0.15) is 0 Å². The van der Waals surface area contributed by atoms with Gasteiger partial charge >= 0.3 is 0 Å². The molecule has 0 saturated heterocycles. The van der Waals surface area contributed by atoms with Crippen LogP contribution in [-0.2, 0) is 0 Å². The maximum Gasteiger partial charge on any atom is 0.0453 e. The number of aliphatic imine (C=N–C) groups is 1. The van der Waals surface area contributed by atoms with Crippen LogP contribution >= 0.6 is 0 Å². The summed E-state index contributed by atoms with van der Waals surface area (Å²) < 4.78 is 0. The zero-order chi connectivity index (χ0) is 17.1. The Hall–Kier alpha value is -1.57. The molecule has 2 nitrogen and oxygen atoms in total. The number of nitrogens with zero attached hydrogens (tertiary/aromatic N) is 2. The van der Waals surface area contributed by atoms with Gasteiger partial charge in [-0.3, -0.25) is 4.99 Å². The Balaban J connectivity index is 5.41. The van der Waals surface area contributed by atoms with Gasteiger partial charge in [0.15, 0.2) is 0 Å². The Kier molecular flexibility index (Phi) is 10.3. The van der Waals surface area contributed by atoms with Gasteiger partial charge in [-0.05, 0) is 38.7 Å². The molecule has 0 rings (SSSR count). The summed E-state index contributed by atoms with van der Waals surface area (Å²) in [6, 6.07) is 0. The highest BCUT2D eigenvalue weighted by Gasteiger charge is 2.11. The lowest BCUT2D eigenvalue weighted by Crippen LogP contribution is -2.18. The van der Waals surface area contributed by atoms with Gasteiger partial charge in [0.2, 0.25) is 0 Å². The van der Waals surface area contributed by atoms with E-state index >= 15 is 0 Å². The highest BCUT2D eigenvalue weighted by atomic mass is 15.1. The number of likely N-dealkylation sites (N-methyl/N-ethyl adjacent to an activating group) is 1. The van der Waals surface area contributed by atoms with Gasteiger partial charge in [-0.2, -0.15) is 0 Å². The quantitative estimate of drug-likeness (QED) is 0.391. The van der Waals surface area contributed by atoms with Crippen LogP contribution in [0.15, 0.2) is 52.3 Å². The van der Waals surface area contributed by atoms with Crippen molar-refractivity contribution in [3.63, 3.8) is 0 Å². The fourth-order valence-corrected chi connectivity index (χ4v) is 2.20. The fraction of sp³-hybridized carbons (Fsp3) is 0.550. The topological polar surface area (TPSA) is 15.6 Å². The van der Waals surface area contributed by atoms with E-state index in [-0.39, 0.29) is 0 Å². The third-order valence-electron chi connectivity index (χ3n) is 3.52. The van der Waals surface area contributed by atoms with Crippen LogP contribution in [-0.4, -0.2) is 25.2 Å². The van der Waals surface area contributed by atoms with Crippen molar-refractivity contribution in [3.8, 4) is 0 Å². The lowest BCUT2D eigenvalue weighted by Gasteiger charge is -2.25. The second kappa shape index (κ2) is 11.1. The molecule has 0 atom stereocenters. The molecule has 22 heavy (non-hydrogen) atoms. The molecule has 0 spiro atoms. The van der Waals surface area contributed by atoms with Crippen LogP contribution in [0.3, 0.4) is 0 Å².